The van der Waals surface area contributed by atoms with Crippen LogP contribution in [-0.4, -0.2) is 6.47 Å². The standard InChI is InChI=1S/C7H4FO2/c8-6-2-1-3-7(4-6)10-5-9/h1,3-5H. The van der Waals surface area contributed by atoms with Gasteiger partial charge in [-0.15, -0.1) is 0 Å². The average molecular weight is 139 g/mol. The Labute approximate surface area is 57.2 Å². The van der Waals surface area contributed by atoms with Crippen LogP contribution < -0.4 is 4.74 Å². The quantitative estimate of drug-likeness (QED) is 0.574. The van der Waals surface area contributed by atoms with Gasteiger partial charge in [-0.05, 0) is 12.1 Å². The molecular weight excluding hydrogens is 135 g/mol. The van der Waals surface area contributed by atoms with Crippen molar-refractivity contribution in [3.05, 3.63) is 30.1 Å². The molecule has 0 aliphatic heterocycles. The highest BCUT2D eigenvalue weighted by Gasteiger charge is 1.92. The van der Waals surface area contributed by atoms with Gasteiger partial charge in [0.25, 0.3) is 6.47 Å². The van der Waals surface area contributed by atoms with Crippen LogP contribution in [0.2, 0.25) is 0 Å². The van der Waals surface area contributed by atoms with Crippen molar-refractivity contribution < 1.29 is 13.9 Å². The second kappa shape index (κ2) is 2.96. The number of carbonyl (C=O) groups is 1. The molecule has 0 aliphatic rings. The predicted molar refractivity (Wildman–Crippen MR) is 31.9 cm³/mol. The highest BCUT2D eigenvalue weighted by molar-refractivity contribution is 5.44. The Morgan fingerprint density at radius 3 is 3.10 bits per heavy atom. The zero-order valence-electron chi connectivity index (χ0n) is 5.00. The molecule has 0 saturated carbocycles. The molecule has 10 heavy (non-hydrogen) atoms. The van der Waals surface area contributed by atoms with E-state index in [4.69, 9.17) is 0 Å². The van der Waals surface area contributed by atoms with Gasteiger partial charge in [0.2, 0.25) is 0 Å². The first kappa shape index (κ1) is 6.74. The molecule has 0 aromatic heterocycles. The smallest absolute Gasteiger partial charge is 0.298 e. The van der Waals surface area contributed by atoms with Gasteiger partial charge < -0.3 is 4.74 Å². The molecule has 2 nitrogen and oxygen atoms in total. The van der Waals surface area contributed by atoms with E-state index < -0.39 is 5.82 Å². The lowest BCUT2D eigenvalue weighted by Crippen LogP contribution is -1.88. The summed E-state index contributed by atoms with van der Waals surface area (Å²) in [5.74, 6) is -0.356. The summed E-state index contributed by atoms with van der Waals surface area (Å²) in [4.78, 5) is 9.73. The number of rotatable bonds is 2. The van der Waals surface area contributed by atoms with Crippen molar-refractivity contribution in [2.75, 3.05) is 0 Å². The van der Waals surface area contributed by atoms with E-state index in [0.717, 1.165) is 6.07 Å². The van der Waals surface area contributed by atoms with Gasteiger partial charge in [0.15, 0.2) is 0 Å². The summed E-state index contributed by atoms with van der Waals surface area (Å²) in [7, 11) is 0. The molecular formula is C7H4FO2. The van der Waals surface area contributed by atoms with Gasteiger partial charge in [0.05, 0.1) is 0 Å². The van der Waals surface area contributed by atoms with Crippen LogP contribution in [-0.2, 0) is 4.79 Å². The van der Waals surface area contributed by atoms with Crippen LogP contribution in [0, 0.1) is 11.9 Å². The Bertz CT molecular complexity index is 235. The molecule has 1 rings (SSSR count). The summed E-state index contributed by atoms with van der Waals surface area (Å²) in [5.41, 5.74) is 0. The van der Waals surface area contributed by atoms with Crippen LogP contribution in [0.5, 0.6) is 5.75 Å². The normalized spacial score (nSPS) is 8.90. The molecule has 0 fully saturated rings. The number of carbonyl (C=O) groups excluding carboxylic acids is 1. The zero-order chi connectivity index (χ0) is 7.40. The molecule has 0 aliphatic carbocycles. The van der Waals surface area contributed by atoms with Crippen LogP contribution >= 0.6 is 0 Å². The third kappa shape index (κ3) is 1.55. The topological polar surface area (TPSA) is 26.3 Å². The first-order valence-corrected chi connectivity index (χ1v) is 2.60. The summed E-state index contributed by atoms with van der Waals surface area (Å²) < 4.78 is 16.6. The van der Waals surface area contributed by atoms with Crippen LogP contribution in [0.25, 0.3) is 0 Å². The summed E-state index contributed by atoms with van der Waals surface area (Å²) in [5, 5.41) is 0. The second-order valence-electron chi connectivity index (χ2n) is 1.59. The van der Waals surface area contributed by atoms with E-state index in [1.165, 1.54) is 12.1 Å². The number of benzene rings is 1. The Hall–Kier alpha value is -1.38. The predicted octanol–water partition coefficient (Wildman–Crippen LogP) is 1.16. The molecule has 0 unspecified atom stereocenters. The average Bonchev–Trinajstić information content (AvgIpc) is 1.88. The Kier molecular flexibility index (Phi) is 1.99. The minimum Gasteiger partial charge on any atom is -0.429 e. The summed E-state index contributed by atoms with van der Waals surface area (Å²) in [6.45, 7) is 0.245. The SMILES string of the molecule is O=COc1cc[c]c(F)c1. The summed E-state index contributed by atoms with van der Waals surface area (Å²) >= 11 is 0. The van der Waals surface area contributed by atoms with E-state index in [0.29, 0.717) is 0 Å². The monoisotopic (exact) mass is 139 g/mol. The van der Waals surface area contributed by atoms with Gasteiger partial charge in [0, 0.05) is 12.1 Å². The van der Waals surface area contributed by atoms with E-state index in [1.807, 2.05) is 0 Å². The molecule has 0 spiro atoms. The maximum Gasteiger partial charge on any atom is 0.298 e. The molecule has 3 heteroatoms. The van der Waals surface area contributed by atoms with Crippen molar-refractivity contribution in [3.8, 4) is 5.75 Å². The molecule has 1 aromatic rings. The molecule has 0 N–H and O–H groups in total. The fraction of sp³-hybridized carbons (Fsp3) is 0. The van der Waals surface area contributed by atoms with Crippen molar-refractivity contribution in [2.45, 2.75) is 0 Å². The van der Waals surface area contributed by atoms with Crippen LogP contribution in [0.15, 0.2) is 18.2 Å². The number of hydrogen-bond donors (Lipinski definition) is 0. The van der Waals surface area contributed by atoms with Gasteiger partial charge >= 0.3 is 0 Å². The maximum absolute atomic E-state index is 12.2. The van der Waals surface area contributed by atoms with Crippen molar-refractivity contribution >= 4 is 6.47 Å². The molecule has 0 saturated heterocycles. The Morgan fingerprint density at radius 2 is 2.50 bits per heavy atom. The minimum absolute atomic E-state index is 0.186. The van der Waals surface area contributed by atoms with E-state index in [-0.39, 0.29) is 12.2 Å². The summed E-state index contributed by atoms with van der Waals surface area (Å²) in [6.07, 6.45) is 0. The van der Waals surface area contributed by atoms with Gasteiger partial charge in [0.1, 0.15) is 11.6 Å². The third-order valence-electron chi connectivity index (χ3n) is 0.922. The van der Waals surface area contributed by atoms with Crippen LogP contribution in [0.4, 0.5) is 4.39 Å². The highest BCUT2D eigenvalue weighted by Crippen LogP contribution is 2.09. The number of ether oxygens (including phenoxy) is 1. The largest absolute Gasteiger partial charge is 0.429 e. The molecule has 0 atom stereocenters. The van der Waals surface area contributed by atoms with Crippen molar-refractivity contribution in [1.29, 1.82) is 0 Å². The highest BCUT2D eigenvalue weighted by atomic mass is 19.1. The van der Waals surface area contributed by atoms with Crippen LogP contribution in [0.1, 0.15) is 0 Å². The Balaban J connectivity index is 2.84. The second-order valence-corrected chi connectivity index (χ2v) is 1.59. The molecule has 0 heterocycles. The number of hydrogen-bond acceptors (Lipinski definition) is 2. The van der Waals surface area contributed by atoms with E-state index in [2.05, 4.69) is 10.8 Å². The molecule has 0 bridgehead atoms. The Morgan fingerprint density at radius 1 is 1.70 bits per heavy atom. The maximum atomic E-state index is 12.2. The lowest BCUT2D eigenvalue weighted by molar-refractivity contribution is -0.120. The summed E-state index contributed by atoms with van der Waals surface area (Å²) in [6, 6.07) is 6.13. The van der Waals surface area contributed by atoms with Crippen LogP contribution in [0.3, 0.4) is 0 Å². The molecule has 0 amide bonds. The van der Waals surface area contributed by atoms with E-state index in [9.17, 15) is 9.18 Å². The number of halogens is 1. The molecule has 1 aromatic carbocycles. The lowest BCUT2D eigenvalue weighted by Gasteiger charge is -1.94. The van der Waals surface area contributed by atoms with Crippen molar-refractivity contribution in [2.24, 2.45) is 0 Å². The van der Waals surface area contributed by atoms with Gasteiger partial charge in [-0.3, -0.25) is 4.79 Å². The fourth-order valence-corrected chi connectivity index (χ4v) is 0.547. The van der Waals surface area contributed by atoms with Crippen molar-refractivity contribution in [1.82, 2.24) is 0 Å². The van der Waals surface area contributed by atoms with E-state index in [1.54, 1.807) is 0 Å². The van der Waals surface area contributed by atoms with Gasteiger partial charge in [-0.2, -0.15) is 0 Å². The van der Waals surface area contributed by atoms with Crippen molar-refractivity contribution in [3.63, 3.8) is 0 Å². The third-order valence-corrected chi connectivity index (χ3v) is 0.922. The van der Waals surface area contributed by atoms with Gasteiger partial charge in [-0.25, -0.2) is 4.39 Å². The zero-order valence-corrected chi connectivity index (χ0v) is 5.00. The first-order chi connectivity index (χ1) is 4.83. The first-order valence-electron chi connectivity index (χ1n) is 2.60. The molecule has 1 radical (unpaired) electrons. The fourth-order valence-electron chi connectivity index (χ4n) is 0.547. The lowest BCUT2D eigenvalue weighted by atomic mass is 10.3. The minimum atomic E-state index is -0.542. The van der Waals surface area contributed by atoms with Gasteiger partial charge in [-0.1, -0.05) is 0 Å². The molecule has 51 valence electrons. The van der Waals surface area contributed by atoms with E-state index >= 15 is 0 Å².